The van der Waals surface area contributed by atoms with Gasteiger partial charge in [-0.3, -0.25) is 9.59 Å². The van der Waals surface area contributed by atoms with Gasteiger partial charge >= 0.3 is 0 Å². The van der Waals surface area contributed by atoms with Crippen molar-refractivity contribution >= 4 is 17.5 Å². The van der Waals surface area contributed by atoms with Crippen LogP contribution in [0.2, 0.25) is 0 Å². The molecule has 0 aliphatic rings. The lowest BCUT2D eigenvalue weighted by molar-refractivity contribution is -0.117. The number of carbonyl (C=O) groups is 2. The number of hydrogen-bond acceptors (Lipinski definition) is 4. The van der Waals surface area contributed by atoms with Gasteiger partial charge in [-0.25, -0.2) is 0 Å². The number of carbonyl (C=O) groups excluding carboxylic acids is 2. The van der Waals surface area contributed by atoms with E-state index < -0.39 is 0 Å². The highest BCUT2D eigenvalue weighted by atomic mass is 16.3. The summed E-state index contributed by atoms with van der Waals surface area (Å²) in [5, 5.41) is 11.7. The standard InChI is InChI=1S/C19H16N4O3/c20-10-16-9-14(11-21-16)19(25)23(12-17-7-4-8-26-17)13-18(24)22-15-5-2-1-3-6-15/h1-9,11,21H,12-13H2,(H,22,24). The summed E-state index contributed by atoms with van der Waals surface area (Å²) in [6, 6.07) is 15.8. The number of H-pyrrole nitrogens is 1. The number of nitrogens with one attached hydrogen (secondary N) is 2. The van der Waals surface area contributed by atoms with Gasteiger partial charge in [0.1, 0.15) is 24.1 Å². The molecule has 7 heteroatoms. The molecule has 0 radical (unpaired) electrons. The summed E-state index contributed by atoms with van der Waals surface area (Å²) in [4.78, 5) is 29.2. The van der Waals surface area contributed by atoms with E-state index in [1.807, 2.05) is 24.3 Å². The van der Waals surface area contributed by atoms with Crippen LogP contribution in [-0.2, 0) is 11.3 Å². The van der Waals surface area contributed by atoms with E-state index in [0.29, 0.717) is 17.0 Å². The minimum atomic E-state index is -0.373. The van der Waals surface area contributed by atoms with Crippen molar-refractivity contribution in [3.05, 3.63) is 78.0 Å². The van der Waals surface area contributed by atoms with E-state index in [-0.39, 0.29) is 30.6 Å². The molecule has 0 bridgehead atoms. The molecule has 0 aliphatic heterocycles. The fourth-order valence-electron chi connectivity index (χ4n) is 2.45. The second-order valence-corrected chi connectivity index (χ2v) is 5.57. The van der Waals surface area contributed by atoms with Crippen LogP contribution in [0.1, 0.15) is 21.8 Å². The monoisotopic (exact) mass is 348 g/mol. The summed E-state index contributed by atoms with van der Waals surface area (Å²) in [5.41, 5.74) is 1.23. The second kappa shape index (κ2) is 7.85. The lowest BCUT2D eigenvalue weighted by Gasteiger charge is -2.20. The molecule has 0 spiro atoms. The van der Waals surface area contributed by atoms with Crippen LogP contribution in [0.15, 0.2) is 65.4 Å². The summed E-state index contributed by atoms with van der Waals surface area (Å²) in [6.45, 7) is -0.0113. The number of furan rings is 1. The van der Waals surface area contributed by atoms with Crippen molar-refractivity contribution in [3.63, 3.8) is 0 Å². The first-order valence-corrected chi connectivity index (χ1v) is 7.91. The Morgan fingerprint density at radius 3 is 2.65 bits per heavy atom. The van der Waals surface area contributed by atoms with Crippen molar-refractivity contribution in [2.75, 3.05) is 11.9 Å². The van der Waals surface area contributed by atoms with E-state index in [1.165, 1.54) is 23.4 Å². The molecule has 0 atom stereocenters. The minimum Gasteiger partial charge on any atom is -0.467 e. The number of hydrogen-bond donors (Lipinski definition) is 2. The van der Waals surface area contributed by atoms with Gasteiger partial charge in [-0.1, -0.05) is 18.2 Å². The van der Waals surface area contributed by atoms with Gasteiger partial charge in [0.15, 0.2) is 0 Å². The Balaban J connectivity index is 1.75. The van der Waals surface area contributed by atoms with Crippen LogP contribution >= 0.6 is 0 Å². The van der Waals surface area contributed by atoms with Crippen LogP contribution in [0.25, 0.3) is 0 Å². The van der Waals surface area contributed by atoms with Crippen molar-refractivity contribution in [3.8, 4) is 6.07 Å². The third kappa shape index (κ3) is 4.19. The molecule has 3 aromatic rings. The number of nitrogens with zero attached hydrogens (tertiary/aromatic N) is 2. The molecule has 1 aromatic carbocycles. The molecular formula is C19H16N4O3. The molecule has 0 fully saturated rings. The number of benzene rings is 1. The van der Waals surface area contributed by atoms with Crippen molar-refractivity contribution in [2.45, 2.75) is 6.54 Å². The average molecular weight is 348 g/mol. The lowest BCUT2D eigenvalue weighted by atomic mass is 10.2. The third-order valence-electron chi connectivity index (χ3n) is 3.66. The zero-order valence-corrected chi connectivity index (χ0v) is 13.8. The number of para-hydroxylation sites is 1. The molecule has 130 valence electrons. The Bertz CT molecular complexity index is 923. The van der Waals surface area contributed by atoms with Crippen LogP contribution in [-0.4, -0.2) is 28.2 Å². The van der Waals surface area contributed by atoms with Crippen molar-refractivity contribution in [2.24, 2.45) is 0 Å². The van der Waals surface area contributed by atoms with Crippen LogP contribution < -0.4 is 5.32 Å². The molecule has 0 aliphatic carbocycles. The van der Waals surface area contributed by atoms with E-state index in [0.717, 1.165) is 0 Å². The van der Waals surface area contributed by atoms with Gasteiger partial charge < -0.3 is 19.6 Å². The molecular weight excluding hydrogens is 332 g/mol. The van der Waals surface area contributed by atoms with E-state index in [2.05, 4.69) is 10.3 Å². The zero-order chi connectivity index (χ0) is 18.4. The van der Waals surface area contributed by atoms with E-state index in [1.54, 1.807) is 24.3 Å². The maximum Gasteiger partial charge on any atom is 0.256 e. The number of anilines is 1. The van der Waals surface area contributed by atoms with E-state index in [4.69, 9.17) is 9.68 Å². The summed E-state index contributed by atoms with van der Waals surface area (Å²) >= 11 is 0. The Kier molecular flexibility index (Phi) is 5.15. The van der Waals surface area contributed by atoms with Crippen molar-refractivity contribution in [1.82, 2.24) is 9.88 Å². The Hall–Kier alpha value is -3.79. The van der Waals surface area contributed by atoms with Gasteiger partial charge in [-0.15, -0.1) is 0 Å². The maximum absolute atomic E-state index is 12.8. The van der Waals surface area contributed by atoms with Crippen LogP contribution in [0.4, 0.5) is 5.69 Å². The molecule has 0 saturated carbocycles. The second-order valence-electron chi connectivity index (χ2n) is 5.57. The molecule has 2 N–H and O–H groups in total. The first-order chi connectivity index (χ1) is 12.7. The Labute approximate surface area is 149 Å². The molecule has 0 saturated heterocycles. The SMILES string of the molecule is N#Cc1cc(C(=O)N(CC(=O)Nc2ccccc2)Cc2ccco2)c[nH]1. The maximum atomic E-state index is 12.8. The predicted molar refractivity (Wildman–Crippen MR) is 94.0 cm³/mol. The van der Waals surface area contributed by atoms with Crippen molar-refractivity contribution < 1.29 is 14.0 Å². The van der Waals surface area contributed by atoms with Gasteiger partial charge in [-0.05, 0) is 30.3 Å². The summed E-state index contributed by atoms with van der Waals surface area (Å²) in [7, 11) is 0. The minimum absolute atomic E-state index is 0.140. The zero-order valence-electron chi connectivity index (χ0n) is 13.8. The Morgan fingerprint density at radius 2 is 2.00 bits per heavy atom. The number of aromatic amines is 1. The molecule has 2 heterocycles. The van der Waals surface area contributed by atoms with Gasteiger partial charge in [0.25, 0.3) is 5.91 Å². The number of nitriles is 1. The lowest BCUT2D eigenvalue weighted by Crippen LogP contribution is -2.37. The van der Waals surface area contributed by atoms with Crippen LogP contribution in [0.3, 0.4) is 0 Å². The first kappa shape index (κ1) is 17.0. The molecule has 3 rings (SSSR count). The fraction of sp³-hybridized carbons (Fsp3) is 0.105. The van der Waals surface area contributed by atoms with Crippen LogP contribution in [0, 0.1) is 11.3 Å². The summed E-state index contributed by atoms with van der Waals surface area (Å²) < 4.78 is 5.29. The van der Waals surface area contributed by atoms with Gasteiger partial charge in [-0.2, -0.15) is 5.26 Å². The summed E-state index contributed by atoms with van der Waals surface area (Å²) in [5.74, 6) is -0.142. The normalized spacial score (nSPS) is 10.1. The fourth-order valence-corrected chi connectivity index (χ4v) is 2.45. The smallest absolute Gasteiger partial charge is 0.256 e. The van der Waals surface area contributed by atoms with Crippen molar-refractivity contribution in [1.29, 1.82) is 5.26 Å². The number of amides is 2. The Morgan fingerprint density at radius 1 is 1.19 bits per heavy atom. The van der Waals surface area contributed by atoms with E-state index >= 15 is 0 Å². The highest BCUT2D eigenvalue weighted by Gasteiger charge is 2.21. The van der Waals surface area contributed by atoms with Gasteiger partial charge in [0.2, 0.25) is 5.91 Å². The third-order valence-corrected chi connectivity index (χ3v) is 3.66. The highest BCUT2D eigenvalue weighted by Crippen LogP contribution is 2.13. The largest absolute Gasteiger partial charge is 0.467 e. The molecule has 26 heavy (non-hydrogen) atoms. The molecule has 2 amide bonds. The number of aromatic nitrogens is 1. The molecule has 0 unspecified atom stereocenters. The average Bonchev–Trinajstić information content (AvgIpc) is 3.33. The molecule has 7 nitrogen and oxygen atoms in total. The van der Waals surface area contributed by atoms with Gasteiger partial charge in [0, 0.05) is 11.9 Å². The topological polar surface area (TPSA) is 102 Å². The highest BCUT2D eigenvalue weighted by molar-refractivity contribution is 5.99. The number of rotatable bonds is 6. The van der Waals surface area contributed by atoms with Crippen LogP contribution in [0.5, 0.6) is 0 Å². The quantitative estimate of drug-likeness (QED) is 0.715. The summed E-state index contributed by atoms with van der Waals surface area (Å²) in [6.07, 6.45) is 2.96. The van der Waals surface area contributed by atoms with E-state index in [9.17, 15) is 9.59 Å². The predicted octanol–water partition coefficient (Wildman–Crippen LogP) is 2.76. The first-order valence-electron chi connectivity index (χ1n) is 7.91. The molecule has 2 aromatic heterocycles. The van der Waals surface area contributed by atoms with Gasteiger partial charge in [0.05, 0.1) is 18.4 Å².